The fourth-order valence-electron chi connectivity index (χ4n) is 3.85. The number of likely N-dealkylation sites (tertiary alicyclic amines) is 1. The number of methoxy groups -OCH3 is 2. The van der Waals surface area contributed by atoms with Crippen molar-refractivity contribution in [3.8, 4) is 11.5 Å². The Hall–Kier alpha value is -2.58. The number of nitrogens with one attached hydrogen (secondary N) is 1. The second-order valence-electron chi connectivity index (χ2n) is 7.65. The van der Waals surface area contributed by atoms with E-state index in [2.05, 4.69) is 4.72 Å². The average molecular weight is 447 g/mol. The summed E-state index contributed by atoms with van der Waals surface area (Å²) in [7, 11) is -0.861. The lowest BCUT2D eigenvalue weighted by Crippen LogP contribution is -2.32. The Balaban J connectivity index is 1.89. The lowest BCUT2D eigenvalue weighted by atomic mass is 10.1. The van der Waals surface area contributed by atoms with Gasteiger partial charge in [0.25, 0.3) is 5.91 Å². The number of hydrogen-bond donors (Lipinski definition) is 1. The van der Waals surface area contributed by atoms with Gasteiger partial charge in [-0.25, -0.2) is 13.1 Å². The first-order chi connectivity index (χ1) is 14.9. The van der Waals surface area contributed by atoms with E-state index in [-0.39, 0.29) is 16.4 Å². The molecular formula is C23H30N2O5S. The van der Waals surface area contributed by atoms with Crippen molar-refractivity contribution in [3.63, 3.8) is 0 Å². The molecule has 0 aliphatic carbocycles. The molecule has 0 spiro atoms. The summed E-state index contributed by atoms with van der Waals surface area (Å²) in [6.45, 7) is 3.09. The molecule has 7 nitrogen and oxygen atoms in total. The predicted octanol–water partition coefficient (Wildman–Crippen LogP) is 3.76. The van der Waals surface area contributed by atoms with Crippen LogP contribution in [-0.4, -0.2) is 46.5 Å². The maximum atomic E-state index is 13.2. The first-order valence-electron chi connectivity index (χ1n) is 10.5. The second-order valence-corrected chi connectivity index (χ2v) is 9.37. The summed E-state index contributed by atoms with van der Waals surface area (Å²) in [4.78, 5) is 15.0. The lowest BCUT2D eigenvalue weighted by Gasteiger charge is -2.22. The van der Waals surface area contributed by atoms with E-state index in [1.54, 1.807) is 25.0 Å². The normalized spacial score (nSPS) is 15.8. The molecule has 1 heterocycles. The van der Waals surface area contributed by atoms with Crippen LogP contribution in [-0.2, 0) is 10.0 Å². The van der Waals surface area contributed by atoms with Crippen LogP contribution < -0.4 is 14.2 Å². The van der Waals surface area contributed by atoms with E-state index in [4.69, 9.17) is 9.47 Å². The van der Waals surface area contributed by atoms with Crippen LogP contribution in [0.3, 0.4) is 0 Å². The molecule has 1 atom stereocenters. The van der Waals surface area contributed by atoms with Crippen molar-refractivity contribution in [3.05, 3.63) is 53.6 Å². The van der Waals surface area contributed by atoms with Crippen LogP contribution in [0.4, 0.5) is 0 Å². The largest absolute Gasteiger partial charge is 0.496 e. The Bertz CT molecular complexity index is 1010. The van der Waals surface area contributed by atoms with Gasteiger partial charge in [0.1, 0.15) is 11.5 Å². The van der Waals surface area contributed by atoms with Crippen molar-refractivity contribution in [1.82, 2.24) is 9.62 Å². The summed E-state index contributed by atoms with van der Waals surface area (Å²) in [5, 5.41) is 0. The number of carbonyl (C=O) groups is 1. The smallest absolute Gasteiger partial charge is 0.257 e. The summed E-state index contributed by atoms with van der Waals surface area (Å²) in [5.41, 5.74) is 0.986. The van der Waals surface area contributed by atoms with Gasteiger partial charge >= 0.3 is 0 Å². The average Bonchev–Trinajstić information content (AvgIpc) is 3.07. The predicted molar refractivity (Wildman–Crippen MR) is 119 cm³/mol. The van der Waals surface area contributed by atoms with Crippen LogP contribution in [0.5, 0.6) is 11.5 Å². The van der Waals surface area contributed by atoms with E-state index in [1.807, 2.05) is 18.2 Å². The number of carbonyl (C=O) groups excluding carboxylic acids is 1. The standard InChI is InChI=1S/C23H30N2O5S/c1-17(19-10-6-7-11-21(19)29-2)24-31(27,28)18-12-13-22(30-3)20(16-18)23(26)25-14-8-4-5-9-15-25/h6-7,10-13,16-17,24H,4-5,8-9,14-15H2,1-3H3/t17-/m1/s1. The molecule has 0 saturated carbocycles. The van der Waals surface area contributed by atoms with Crippen LogP contribution in [0.15, 0.2) is 47.4 Å². The number of nitrogens with zero attached hydrogens (tertiary/aromatic N) is 1. The van der Waals surface area contributed by atoms with Crippen LogP contribution in [0, 0.1) is 0 Å². The van der Waals surface area contributed by atoms with Crippen LogP contribution in [0.25, 0.3) is 0 Å². The van der Waals surface area contributed by atoms with Gasteiger partial charge < -0.3 is 14.4 Å². The molecule has 1 N–H and O–H groups in total. The van der Waals surface area contributed by atoms with Gasteiger partial charge in [0, 0.05) is 24.7 Å². The lowest BCUT2D eigenvalue weighted by molar-refractivity contribution is 0.0758. The molecule has 0 radical (unpaired) electrons. The van der Waals surface area contributed by atoms with Crippen molar-refractivity contribution in [2.45, 2.75) is 43.5 Å². The molecule has 0 unspecified atom stereocenters. The van der Waals surface area contributed by atoms with Crippen LogP contribution in [0.1, 0.15) is 54.6 Å². The Morgan fingerprint density at radius 2 is 1.61 bits per heavy atom. The Morgan fingerprint density at radius 3 is 2.26 bits per heavy atom. The number of rotatable bonds is 7. The van der Waals surface area contributed by atoms with E-state index in [9.17, 15) is 13.2 Å². The van der Waals surface area contributed by atoms with Gasteiger partial charge in [0.2, 0.25) is 10.0 Å². The number of para-hydroxylation sites is 1. The maximum absolute atomic E-state index is 13.2. The number of hydrogen-bond acceptors (Lipinski definition) is 5. The van der Waals surface area contributed by atoms with E-state index in [0.717, 1.165) is 31.2 Å². The monoisotopic (exact) mass is 446 g/mol. The molecule has 8 heteroatoms. The zero-order valence-electron chi connectivity index (χ0n) is 18.3. The highest BCUT2D eigenvalue weighted by Gasteiger charge is 2.25. The van der Waals surface area contributed by atoms with Crippen LogP contribution >= 0.6 is 0 Å². The summed E-state index contributed by atoms with van der Waals surface area (Å²) < 4.78 is 39.6. The quantitative estimate of drug-likeness (QED) is 0.700. The van der Waals surface area contributed by atoms with Gasteiger partial charge in [-0.15, -0.1) is 0 Å². The zero-order valence-corrected chi connectivity index (χ0v) is 19.1. The molecule has 1 aliphatic rings. The molecule has 2 aromatic rings. The third kappa shape index (κ3) is 5.37. The summed E-state index contributed by atoms with van der Waals surface area (Å²) in [6, 6.07) is 11.1. The molecule has 0 aromatic heterocycles. The first-order valence-corrected chi connectivity index (χ1v) is 12.0. The summed E-state index contributed by atoms with van der Waals surface area (Å²) >= 11 is 0. The first kappa shape index (κ1) is 23.1. The highest BCUT2D eigenvalue weighted by Crippen LogP contribution is 2.28. The summed E-state index contributed by atoms with van der Waals surface area (Å²) in [6.07, 6.45) is 4.09. The van der Waals surface area contributed by atoms with E-state index >= 15 is 0 Å². The van der Waals surface area contributed by atoms with Crippen molar-refractivity contribution < 1.29 is 22.7 Å². The van der Waals surface area contributed by atoms with Gasteiger partial charge in [-0.2, -0.15) is 0 Å². The van der Waals surface area contributed by atoms with Gasteiger partial charge in [-0.3, -0.25) is 4.79 Å². The SMILES string of the molecule is COc1ccc(S(=O)(=O)N[C@H](C)c2ccccc2OC)cc1C(=O)N1CCCCCC1. The highest BCUT2D eigenvalue weighted by atomic mass is 32.2. The summed E-state index contributed by atoms with van der Waals surface area (Å²) in [5.74, 6) is 0.768. The molecule has 3 rings (SSSR count). The number of ether oxygens (including phenoxy) is 2. The van der Waals surface area contributed by atoms with E-state index in [1.165, 1.54) is 25.3 Å². The van der Waals surface area contributed by atoms with Crippen molar-refractivity contribution >= 4 is 15.9 Å². The minimum absolute atomic E-state index is 0.0215. The molecule has 168 valence electrons. The molecule has 31 heavy (non-hydrogen) atoms. The molecular weight excluding hydrogens is 416 g/mol. The minimum Gasteiger partial charge on any atom is -0.496 e. The minimum atomic E-state index is -3.88. The third-order valence-electron chi connectivity index (χ3n) is 5.54. The Kier molecular flexibility index (Phi) is 7.56. The van der Waals surface area contributed by atoms with Gasteiger partial charge in [-0.05, 0) is 44.0 Å². The van der Waals surface area contributed by atoms with E-state index < -0.39 is 16.1 Å². The molecule has 1 amide bonds. The maximum Gasteiger partial charge on any atom is 0.257 e. The third-order valence-corrected chi connectivity index (χ3v) is 7.08. The van der Waals surface area contributed by atoms with Crippen molar-refractivity contribution in [1.29, 1.82) is 0 Å². The fourth-order valence-corrected chi connectivity index (χ4v) is 5.10. The Morgan fingerprint density at radius 1 is 0.968 bits per heavy atom. The molecule has 2 aromatic carbocycles. The van der Waals surface area contributed by atoms with E-state index in [0.29, 0.717) is 24.6 Å². The van der Waals surface area contributed by atoms with Crippen LogP contribution in [0.2, 0.25) is 0 Å². The molecule has 1 saturated heterocycles. The van der Waals surface area contributed by atoms with Gasteiger partial charge in [-0.1, -0.05) is 31.0 Å². The molecule has 1 fully saturated rings. The number of benzene rings is 2. The number of sulfonamides is 1. The molecule has 1 aliphatic heterocycles. The molecule has 0 bridgehead atoms. The number of amides is 1. The topological polar surface area (TPSA) is 84.9 Å². The zero-order chi connectivity index (χ0) is 22.4. The van der Waals surface area contributed by atoms with Gasteiger partial charge in [0.15, 0.2) is 0 Å². The fraction of sp³-hybridized carbons (Fsp3) is 0.435. The second kappa shape index (κ2) is 10.2. The highest BCUT2D eigenvalue weighted by molar-refractivity contribution is 7.89. The Labute approximate surface area is 184 Å². The van der Waals surface area contributed by atoms with Gasteiger partial charge in [0.05, 0.1) is 24.7 Å². The van der Waals surface area contributed by atoms with Crippen molar-refractivity contribution in [2.75, 3.05) is 27.3 Å². The van der Waals surface area contributed by atoms with Crippen molar-refractivity contribution in [2.24, 2.45) is 0 Å².